The molecule has 0 aliphatic heterocycles. The highest BCUT2D eigenvalue weighted by atomic mass is 32.1. The summed E-state index contributed by atoms with van der Waals surface area (Å²) in [6.07, 6.45) is -0.812. The van der Waals surface area contributed by atoms with Crippen molar-refractivity contribution in [3.8, 4) is 0 Å². The fraction of sp³-hybridized carbons (Fsp3) is 0.188. The van der Waals surface area contributed by atoms with Gasteiger partial charge in [0.2, 0.25) is 0 Å². The molecule has 0 saturated heterocycles. The molecule has 0 fully saturated rings. The number of nitrogens with zero attached hydrogens (tertiary/aromatic N) is 1. The van der Waals surface area contributed by atoms with Crippen LogP contribution in [0, 0.1) is 17.0 Å². The number of hydrogen-bond acceptors (Lipinski definition) is 4. The number of nitro groups is 1. The van der Waals surface area contributed by atoms with E-state index >= 15 is 0 Å². The second kappa shape index (κ2) is 7.66. The van der Waals surface area contributed by atoms with Gasteiger partial charge in [-0.3, -0.25) is 10.1 Å². The van der Waals surface area contributed by atoms with Gasteiger partial charge in [-0.05, 0) is 49.0 Å². The Labute approximate surface area is 139 Å². The van der Waals surface area contributed by atoms with Crippen LogP contribution in [0.3, 0.4) is 0 Å². The van der Waals surface area contributed by atoms with Gasteiger partial charge in [-0.1, -0.05) is 17.7 Å². The zero-order valence-corrected chi connectivity index (χ0v) is 13.3. The lowest BCUT2D eigenvalue weighted by Gasteiger charge is -2.15. The molecule has 120 valence electrons. The first-order valence-corrected chi connectivity index (χ1v) is 7.40. The molecule has 0 heterocycles. The number of aryl methyl sites for hydroxylation is 1. The van der Waals surface area contributed by atoms with Crippen LogP contribution in [0.1, 0.15) is 17.2 Å². The van der Waals surface area contributed by atoms with E-state index in [9.17, 15) is 15.2 Å². The van der Waals surface area contributed by atoms with Crippen LogP contribution in [0.5, 0.6) is 0 Å². The second-order valence-corrected chi connectivity index (χ2v) is 5.47. The van der Waals surface area contributed by atoms with Gasteiger partial charge in [-0.15, -0.1) is 0 Å². The van der Waals surface area contributed by atoms with Crippen molar-refractivity contribution in [2.75, 3.05) is 11.9 Å². The molecule has 0 aliphatic carbocycles. The average molecular weight is 331 g/mol. The summed E-state index contributed by atoms with van der Waals surface area (Å²) in [5, 5.41) is 27.0. The van der Waals surface area contributed by atoms with E-state index in [1.165, 1.54) is 24.3 Å². The third kappa shape index (κ3) is 5.01. The summed E-state index contributed by atoms with van der Waals surface area (Å²) in [7, 11) is 0. The number of anilines is 1. The van der Waals surface area contributed by atoms with E-state index in [2.05, 4.69) is 10.6 Å². The molecule has 2 rings (SSSR count). The number of non-ortho nitro benzene ring substituents is 1. The van der Waals surface area contributed by atoms with Gasteiger partial charge in [-0.2, -0.15) is 0 Å². The Kier molecular flexibility index (Phi) is 5.61. The van der Waals surface area contributed by atoms with Gasteiger partial charge in [0, 0.05) is 24.4 Å². The zero-order chi connectivity index (χ0) is 16.8. The monoisotopic (exact) mass is 331 g/mol. The van der Waals surface area contributed by atoms with Gasteiger partial charge < -0.3 is 15.7 Å². The summed E-state index contributed by atoms with van der Waals surface area (Å²) >= 11 is 5.17. The quantitative estimate of drug-likeness (QED) is 0.444. The molecule has 7 heteroatoms. The molecule has 23 heavy (non-hydrogen) atoms. The van der Waals surface area contributed by atoms with Crippen LogP contribution < -0.4 is 10.6 Å². The molecule has 0 aromatic heterocycles. The molecule has 2 aromatic carbocycles. The number of rotatable bonds is 5. The Morgan fingerprint density at radius 1 is 1.22 bits per heavy atom. The van der Waals surface area contributed by atoms with Crippen molar-refractivity contribution < 1.29 is 10.0 Å². The highest BCUT2D eigenvalue weighted by molar-refractivity contribution is 7.80. The van der Waals surface area contributed by atoms with E-state index in [4.69, 9.17) is 12.2 Å². The molecule has 6 nitrogen and oxygen atoms in total. The van der Waals surface area contributed by atoms with Crippen LogP contribution in [-0.2, 0) is 0 Å². The van der Waals surface area contributed by atoms with E-state index in [0.717, 1.165) is 11.3 Å². The van der Waals surface area contributed by atoms with Gasteiger partial charge in [0.15, 0.2) is 5.11 Å². The fourth-order valence-corrected chi connectivity index (χ4v) is 2.14. The summed E-state index contributed by atoms with van der Waals surface area (Å²) in [5.74, 6) is 0. The highest BCUT2D eigenvalue weighted by Crippen LogP contribution is 2.17. The van der Waals surface area contributed by atoms with Crippen LogP contribution in [0.15, 0.2) is 48.5 Å². The van der Waals surface area contributed by atoms with Crippen LogP contribution in [0.4, 0.5) is 11.4 Å². The standard InChI is InChI=1S/C16H17N3O3S/c1-11-2-6-13(7-3-11)18-16(23)17-10-15(20)12-4-8-14(9-5-12)19(21)22/h2-9,15,20H,10H2,1H3,(H2,17,18,23)/t15-/m0/s1. The molecule has 2 aromatic rings. The minimum absolute atomic E-state index is 0.00883. The molecule has 0 bridgehead atoms. The van der Waals surface area contributed by atoms with Crippen molar-refractivity contribution >= 4 is 28.7 Å². The molecule has 0 aliphatic rings. The van der Waals surface area contributed by atoms with Crippen LogP contribution in [0.2, 0.25) is 0 Å². The number of aliphatic hydroxyl groups is 1. The topological polar surface area (TPSA) is 87.4 Å². The van der Waals surface area contributed by atoms with E-state index in [1.807, 2.05) is 31.2 Å². The first-order valence-electron chi connectivity index (χ1n) is 6.99. The van der Waals surface area contributed by atoms with Crippen molar-refractivity contribution in [1.29, 1.82) is 0 Å². The van der Waals surface area contributed by atoms with Crippen LogP contribution in [-0.4, -0.2) is 21.7 Å². The Balaban J connectivity index is 1.85. The SMILES string of the molecule is Cc1ccc(NC(=S)NC[C@H](O)c2ccc([N+](=O)[O-])cc2)cc1. The van der Waals surface area contributed by atoms with Crippen molar-refractivity contribution in [1.82, 2.24) is 5.32 Å². The second-order valence-electron chi connectivity index (χ2n) is 5.07. The molecule has 1 atom stereocenters. The fourth-order valence-electron chi connectivity index (χ4n) is 1.94. The lowest BCUT2D eigenvalue weighted by atomic mass is 10.1. The number of thiocarbonyl (C=S) groups is 1. The number of nitrogens with one attached hydrogen (secondary N) is 2. The third-order valence-electron chi connectivity index (χ3n) is 3.25. The van der Waals surface area contributed by atoms with Gasteiger partial charge in [0.25, 0.3) is 5.69 Å². The van der Waals surface area contributed by atoms with E-state index < -0.39 is 11.0 Å². The van der Waals surface area contributed by atoms with Crippen LogP contribution >= 0.6 is 12.2 Å². The predicted octanol–water partition coefficient (Wildman–Crippen LogP) is 2.92. The van der Waals surface area contributed by atoms with Gasteiger partial charge in [0.1, 0.15) is 0 Å². The minimum Gasteiger partial charge on any atom is -0.387 e. The Bertz CT molecular complexity index is 687. The maximum Gasteiger partial charge on any atom is 0.269 e. The molecule has 0 unspecified atom stereocenters. The molecule has 0 saturated carbocycles. The van der Waals surface area contributed by atoms with Gasteiger partial charge in [0.05, 0.1) is 11.0 Å². The smallest absolute Gasteiger partial charge is 0.269 e. The van der Waals surface area contributed by atoms with E-state index in [-0.39, 0.29) is 12.2 Å². The number of benzene rings is 2. The maximum atomic E-state index is 10.6. The lowest BCUT2D eigenvalue weighted by Crippen LogP contribution is -2.32. The molecule has 0 spiro atoms. The Hall–Kier alpha value is -2.51. The zero-order valence-electron chi connectivity index (χ0n) is 12.5. The van der Waals surface area contributed by atoms with Gasteiger partial charge >= 0.3 is 0 Å². The summed E-state index contributed by atoms with van der Waals surface area (Å²) in [6.45, 7) is 2.20. The maximum absolute atomic E-state index is 10.6. The van der Waals surface area contributed by atoms with Gasteiger partial charge in [-0.25, -0.2) is 0 Å². The van der Waals surface area contributed by atoms with Crippen molar-refractivity contribution in [2.24, 2.45) is 0 Å². The van der Waals surface area contributed by atoms with E-state index in [0.29, 0.717) is 10.7 Å². The number of aliphatic hydroxyl groups excluding tert-OH is 1. The normalized spacial score (nSPS) is 11.6. The van der Waals surface area contributed by atoms with Crippen molar-refractivity contribution in [3.63, 3.8) is 0 Å². The molecule has 0 radical (unpaired) electrons. The summed E-state index contributed by atoms with van der Waals surface area (Å²) < 4.78 is 0. The number of hydrogen-bond donors (Lipinski definition) is 3. The molecular weight excluding hydrogens is 314 g/mol. The summed E-state index contributed by atoms with van der Waals surface area (Å²) in [6, 6.07) is 13.5. The first kappa shape index (κ1) is 16.9. The summed E-state index contributed by atoms with van der Waals surface area (Å²) in [4.78, 5) is 10.1. The Morgan fingerprint density at radius 3 is 2.39 bits per heavy atom. The molecule has 0 amide bonds. The average Bonchev–Trinajstić information content (AvgIpc) is 2.55. The highest BCUT2D eigenvalue weighted by Gasteiger charge is 2.11. The molecule has 3 N–H and O–H groups in total. The molecular formula is C16H17N3O3S. The largest absolute Gasteiger partial charge is 0.387 e. The van der Waals surface area contributed by atoms with E-state index in [1.54, 1.807) is 0 Å². The first-order chi connectivity index (χ1) is 11.0. The van der Waals surface area contributed by atoms with Crippen LogP contribution in [0.25, 0.3) is 0 Å². The van der Waals surface area contributed by atoms with Crippen molar-refractivity contribution in [3.05, 3.63) is 69.8 Å². The number of nitro benzene ring substituents is 1. The predicted molar refractivity (Wildman–Crippen MR) is 93.5 cm³/mol. The van der Waals surface area contributed by atoms with Crippen molar-refractivity contribution in [2.45, 2.75) is 13.0 Å². The lowest BCUT2D eigenvalue weighted by molar-refractivity contribution is -0.384. The third-order valence-corrected chi connectivity index (χ3v) is 3.50. The Morgan fingerprint density at radius 2 is 1.83 bits per heavy atom. The summed E-state index contributed by atoms with van der Waals surface area (Å²) in [5.41, 5.74) is 2.59. The minimum atomic E-state index is -0.812.